The van der Waals surface area contributed by atoms with Crippen LogP contribution >= 0.6 is 11.8 Å². The van der Waals surface area contributed by atoms with E-state index in [-0.39, 0.29) is 18.0 Å². The summed E-state index contributed by atoms with van der Waals surface area (Å²) < 4.78 is 7.32. The molecule has 1 aliphatic heterocycles. The average molecular weight is 473 g/mol. The van der Waals surface area contributed by atoms with Crippen molar-refractivity contribution in [2.45, 2.75) is 68.4 Å². The topological polar surface area (TPSA) is 101 Å². The Morgan fingerprint density at radius 3 is 2.42 bits per heavy atom. The van der Waals surface area contributed by atoms with Crippen molar-refractivity contribution in [3.8, 4) is 11.4 Å². The quantitative estimate of drug-likeness (QED) is 0.569. The van der Waals surface area contributed by atoms with E-state index in [4.69, 9.17) is 4.74 Å². The fraction of sp³-hybridized carbons (Fsp3) is 0.565. The molecule has 2 heterocycles. The van der Waals surface area contributed by atoms with Gasteiger partial charge in [-0.2, -0.15) is 0 Å². The SMILES string of the molecule is COc1ccc(-n2c(S[C@H](C)C(=O)NC(=O)NC3CC3)nnc2[C@H](C)N2CCCCC2)cc1. The first-order chi connectivity index (χ1) is 16.0. The van der Waals surface area contributed by atoms with Crippen molar-refractivity contribution < 1.29 is 14.3 Å². The smallest absolute Gasteiger partial charge is 0.321 e. The molecule has 33 heavy (non-hydrogen) atoms. The Hall–Kier alpha value is -2.59. The first-order valence-electron chi connectivity index (χ1n) is 11.6. The number of nitrogens with zero attached hydrogens (tertiary/aromatic N) is 4. The number of rotatable bonds is 8. The number of carbonyl (C=O) groups excluding carboxylic acids is 2. The maximum absolute atomic E-state index is 12.6. The van der Waals surface area contributed by atoms with Gasteiger partial charge >= 0.3 is 6.03 Å². The Morgan fingerprint density at radius 1 is 1.09 bits per heavy atom. The zero-order chi connectivity index (χ0) is 23.4. The van der Waals surface area contributed by atoms with Crippen molar-refractivity contribution in [1.29, 1.82) is 0 Å². The van der Waals surface area contributed by atoms with Gasteiger partial charge in [0, 0.05) is 11.7 Å². The van der Waals surface area contributed by atoms with Crippen LogP contribution in [-0.2, 0) is 4.79 Å². The fourth-order valence-corrected chi connectivity index (χ4v) is 4.82. The number of hydrogen-bond acceptors (Lipinski definition) is 7. The number of urea groups is 1. The van der Waals surface area contributed by atoms with Crippen molar-refractivity contribution in [2.24, 2.45) is 0 Å². The lowest BCUT2D eigenvalue weighted by molar-refractivity contribution is -0.119. The van der Waals surface area contributed by atoms with Crippen LogP contribution in [0.3, 0.4) is 0 Å². The minimum absolute atomic E-state index is 0.0858. The molecule has 2 N–H and O–H groups in total. The second-order valence-corrected chi connectivity index (χ2v) is 9.95. The molecule has 0 bridgehead atoms. The van der Waals surface area contributed by atoms with Gasteiger partial charge in [0.15, 0.2) is 11.0 Å². The third-order valence-electron chi connectivity index (χ3n) is 6.10. The molecule has 2 aromatic rings. The Morgan fingerprint density at radius 2 is 1.79 bits per heavy atom. The van der Waals surface area contributed by atoms with Gasteiger partial charge in [-0.3, -0.25) is 19.6 Å². The van der Waals surface area contributed by atoms with E-state index in [0.29, 0.717) is 5.16 Å². The first-order valence-corrected chi connectivity index (χ1v) is 12.5. The van der Waals surface area contributed by atoms with Crippen LogP contribution in [0.25, 0.3) is 5.69 Å². The molecule has 0 radical (unpaired) electrons. The van der Waals surface area contributed by atoms with Crippen LogP contribution in [0.15, 0.2) is 29.4 Å². The Labute approximate surface area is 198 Å². The molecule has 2 atom stereocenters. The minimum Gasteiger partial charge on any atom is -0.497 e. The molecule has 1 saturated heterocycles. The van der Waals surface area contributed by atoms with Crippen LogP contribution in [0, 0.1) is 0 Å². The highest BCUT2D eigenvalue weighted by Gasteiger charge is 2.29. The van der Waals surface area contributed by atoms with Crippen LogP contribution in [-0.4, -0.2) is 63.1 Å². The van der Waals surface area contributed by atoms with Crippen LogP contribution in [0.2, 0.25) is 0 Å². The summed E-state index contributed by atoms with van der Waals surface area (Å²) in [5, 5.41) is 14.3. The zero-order valence-electron chi connectivity index (χ0n) is 19.4. The molecule has 1 aromatic carbocycles. The number of piperidine rings is 1. The number of methoxy groups -OCH3 is 1. The second-order valence-electron chi connectivity index (χ2n) is 8.64. The molecule has 4 rings (SSSR count). The molecular formula is C23H32N6O3S. The number of carbonyl (C=O) groups is 2. The third-order valence-corrected chi connectivity index (χ3v) is 7.14. The lowest BCUT2D eigenvalue weighted by atomic mass is 10.1. The highest BCUT2D eigenvalue weighted by atomic mass is 32.2. The van der Waals surface area contributed by atoms with Gasteiger partial charge in [0.25, 0.3) is 0 Å². The number of likely N-dealkylation sites (tertiary alicyclic amines) is 1. The maximum Gasteiger partial charge on any atom is 0.321 e. The molecule has 3 amide bonds. The van der Waals surface area contributed by atoms with E-state index >= 15 is 0 Å². The summed E-state index contributed by atoms with van der Waals surface area (Å²) in [7, 11) is 1.64. The van der Waals surface area contributed by atoms with Crippen molar-refractivity contribution in [2.75, 3.05) is 20.2 Å². The number of amides is 3. The summed E-state index contributed by atoms with van der Waals surface area (Å²) in [5.74, 6) is 1.25. The number of ether oxygens (including phenoxy) is 1. The molecular weight excluding hydrogens is 440 g/mol. The van der Waals surface area contributed by atoms with Crippen molar-refractivity contribution in [3.63, 3.8) is 0 Å². The van der Waals surface area contributed by atoms with Gasteiger partial charge in [-0.15, -0.1) is 10.2 Å². The van der Waals surface area contributed by atoms with Gasteiger partial charge in [-0.1, -0.05) is 18.2 Å². The largest absolute Gasteiger partial charge is 0.497 e. The Kier molecular flexibility index (Phi) is 7.54. The van der Waals surface area contributed by atoms with Crippen LogP contribution in [0.1, 0.15) is 57.8 Å². The zero-order valence-corrected chi connectivity index (χ0v) is 20.2. The highest BCUT2D eigenvalue weighted by Crippen LogP contribution is 2.31. The monoisotopic (exact) mass is 472 g/mol. The van der Waals surface area contributed by atoms with Gasteiger partial charge < -0.3 is 10.1 Å². The summed E-state index contributed by atoms with van der Waals surface area (Å²) in [6, 6.07) is 7.57. The summed E-state index contributed by atoms with van der Waals surface area (Å²) in [4.78, 5) is 27.0. The molecule has 1 aliphatic carbocycles. The van der Waals surface area contributed by atoms with Crippen LogP contribution < -0.4 is 15.4 Å². The number of hydrogen-bond donors (Lipinski definition) is 2. The van der Waals surface area contributed by atoms with Gasteiger partial charge in [0.05, 0.1) is 18.4 Å². The number of aromatic nitrogens is 3. The van der Waals surface area contributed by atoms with E-state index in [1.165, 1.54) is 31.0 Å². The van der Waals surface area contributed by atoms with E-state index in [0.717, 1.165) is 43.2 Å². The lowest BCUT2D eigenvalue weighted by Crippen LogP contribution is -2.43. The predicted octanol–water partition coefficient (Wildman–Crippen LogP) is 3.29. The summed E-state index contributed by atoms with van der Waals surface area (Å²) in [6.45, 7) is 6.00. The summed E-state index contributed by atoms with van der Waals surface area (Å²) >= 11 is 1.29. The number of imide groups is 1. The lowest BCUT2D eigenvalue weighted by Gasteiger charge is -2.32. The molecule has 2 fully saturated rings. The normalized spacial score (nSPS) is 18.4. The van der Waals surface area contributed by atoms with E-state index in [1.807, 2.05) is 28.8 Å². The Bertz CT molecular complexity index is 969. The highest BCUT2D eigenvalue weighted by molar-refractivity contribution is 8.00. The van der Waals surface area contributed by atoms with Crippen molar-refractivity contribution >= 4 is 23.7 Å². The van der Waals surface area contributed by atoms with Gasteiger partial charge in [-0.25, -0.2) is 4.79 Å². The van der Waals surface area contributed by atoms with Crippen LogP contribution in [0.5, 0.6) is 5.75 Å². The summed E-state index contributed by atoms with van der Waals surface area (Å²) in [6.07, 6.45) is 5.56. The van der Waals surface area contributed by atoms with Gasteiger partial charge in [0.1, 0.15) is 5.75 Å². The first kappa shape index (κ1) is 23.6. The van der Waals surface area contributed by atoms with Crippen molar-refractivity contribution in [1.82, 2.24) is 30.3 Å². The van der Waals surface area contributed by atoms with E-state index in [9.17, 15) is 9.59 Å². The average Bonchev–Trinajstić information content (AvgIpc) is 3.55. The van der Waals surface area contributed by atoms with Gasteiger partial charge in [-0.05, 0) is 76.9 Å². The second kappa shape index (κ2) is 10.6. The predicted molar refractivity (Wildman–Crippen MR) is 127 cm³/mol. The van der Waals surface area contributed by atoms with Gasteiger partial charge in [0.2, 0.25) is 5.91 Å². The van der Waals surface area contributed by atoms with E-state index in [2.05, 4.69) is 32.7 Å². The van der Waals surface area contributed by atoms with E-state index in [1.54, 1.807) is 14.0 Å². The molecule has 178 valence electrons. The van der Waals surface area contributed by atoms with E-state index < -0.39 is 11.3 Å². The molecule has 0 spiro atoms. The number of nitrogens with one attached hydrogen (secondary N) is 2. The molecule has 1 saturated carbocycles. The summed E-state index contributed by atoms with van der Waals surface area (Å²) in [5.41, 5.74) is 0.904. The molecule has 9 nitrogen and oxygen atoms in total. The maximum atomic E-state index is 12.6. The number of thioether (sulfide) groups is 1. The molecule has 10 heteroatoms. The number of benzene rings is 1. The minimum atomic E-state index is -0.519. The fourth-order valence-electron chi connectivity index (χ4n) is 3.95. The molecule has 2 aliphatic rings. The Balaban J connectivity index is 1.56. The molecule has 0 unspecified atom stereocenters. The standard InChI is InChI=1S/C23H32N6O3S/c1-15(28-13-5-4-6-14-28)20-26-27-23(29(20)18-9-11-19(32-3)12-10-18)33-16(2)21(30)25-22(31)24-17-7-8-17/h9-12,15-17H,4-8,13-14H2,1-3H3,(H2,24,25,30,31)/t15-,16+/m0/s1. The van der Waals surface area contributed by atoms with Crippen LogP contribution in [0.4, 0.5) is 4.79 Å². The third kappa shape index (κ3) is 5.86. The van der Waals surface area contributed by atoms with Crippen molar-refractivity contribution in [3.05, 3.63) is 30.1 Å². The molecule has 1 aromatic heterocycles.